The van der Waals surface area contributed by atoms with Crippen molar-refractivity contribution in [2.24, 2.45) is 0 Å². The Morgan fingerprint density at radius 3 is 2.44 bits per heavy atom. The molecule has 0 aliphatic rings. The van der Waals surface area contributed by atoms with E-state index in [0.29, 0.717) is 34.5 Å². The molecule has 27 heavy (non-hydrogen) atoms. The van der Waals surface area contributed by atoms with Crippen molar-refractivity contribution in [3.63, 3.8) is 0 Å². The van der Waals surface area contributed by atoms with Crippen LogP contribution in [-0.4, -0.2) is 45.2 Å². The fourth-order valence-corrected chi connectivity index (χ4v) is 2.87. The molecule has 1 amide bonds. The molecule has 0 heterocycles. The molecule has 7 heteroatoms. The van der Waals surface area contributed by atoms with E-state index >= 15 is 0 Å². The number of halogens is 1. The van der Waals surface area contributed by atoms with Crippen molar-refractivity contribution >= 4 is 23.2 Å². The van der Waals surface area contributed by atoms with E-state index < -0.39 is 6.04 Å². The molecule has 0 spiro atoms. The molecule has 0 unspecified atom stereocenters. The zero-order valence-electron chi connectivity index (χ0n) is 16.2. The first kappa shape index (κ1) is 20.9. The SMILES string of the molecule is COc1ccc(Cl)cc1NC(=O)[C@@H](C)N(C)Cc1cccc(OC)c1OC. The third-order valence-corrected chi connectivity index (χ3v) is 4.60. The number of nitrogens with zero attached hydrogens (tertiary/aromatic N) is 1. The van der Waals surface area contributed by atoms with Gasteiger partial charge in [0.05, 0.1) is 33.1 Å². The molecule has 0 aliphatic heterocycles. The smallest absolute Gasteiger partial charge is 0.241 e. The number of amides is 1. The minimum absolute atomic E-state index is 0.167. The fourth-order valence-electron chi connectivity index (χ4n) is 2.70. The highest BCUT2D eigenvalue weighted by atomic mass is 35.5. The van der Waals surface area contributed by atoms with Crippen molar-refractivity contribution in [3.8, 4) is 17.2 Å². The van der Waals surface area contributed by atoms with E-state index in [2.05, 4.69) is 5.32 Å². The number of ether oxygens (including phenoxy) is 3. The molecule has 146 valence electrons. The number of para-hydroxylation sites is 1. The van der Waals surface area contributed by atoms with Gasteiger partial charge in [-0.15, -0.1) is 0 Å². The Balaban J connectivity index is 2.12. The minimum Gasteiger partial charge on any atom is -0.495 e. The normalized spacial score (nSPS) is 11.8. The molecule has 1 N–H and O–H groups in total. The number of likely N-dealkylation sites (N-methyl/N-ethyl adjacent to an activating group) is 1. The molecule has 1 atom stereocenters. The van der Waals surface area contributed by atoms with Gasteiger partial charge in [0.15, 0.2) is 11.5 Å². The number of nitrogens with one attached hydrogen (secondary N) is 1. The first-order valence-electron chi connectivity index (χ1n) is 8.45. The molecular weight excluding hydrogens is 368 g/mol. The van der Waals surface area contributed by atoms with Gasteiger partial charge in [-0.2, -0.15) is 0 Å². The van der Waals surface area contributed by atoms with E-state index in [0.717, 1.165) is 5.56 Å². The van der Waals surface area contributed by atoms with Gasteiger partial charge in [-0.25, -0.2) is 0 Å². The average Bonchev–Trinajstić information content (AvgIpc) is 2.67. The van der Waals surface area contributed by atoms with E-state index in [1.807, 2.05) is 37.1 Å². The summed E-state index contributed by atoms with van der Waals surface area (Å²) in [6, 6.07) is 10.4. The van der Waals surface area contributed by atoms with Crippen LogP contribution in [0, 0.1) is 0 Å². The molecule has 2 aromatic carbocycles. The van der Waals surface area contributed by atoms with Gasteiger partial charge < -0.3 is 19.5 Å². The van der Waals surface area contributed by atoms with E-state index in [9.17, 15) is 4.79 Å². The average molecular weight is 393 g/mol. The summed E-state index contributed by atoms with van der Waals surface area (Å²) in [6.07, 6.45) is 0. The van der Waals surface area contributed by atoms with Crippen LogP contribution in [0.3, 0.4) is 0 Å². The standard InChI is InChI=1S/C20H25ClN2O4/c1-13(20(24)22-16-11-15(21)9-10-17(16)25-3)23(2)12-14-7-6-8-18(26-4)19(14)27-5/h6-11,13H,12H2,1-5H3,(H,22,24)/t13-/m1/s1. The Labute approximate surface area is 165 Å². The van der Waals surface area contributed by atoms with Crippen molar-refractivity contribution in [2.75, 3.05) is 33.7 Å². The Morgan fingerprint density at radius 1 is 1.11 bits per heavy atom. The monoisotopic (exact) mass is 392 g/mol. The Hall–Kier alpha value is -2.44. The number of anilines is 1. The number of carbonyl (C=O) groups excluding carboxylic acids is 1. The lowest BCUT2D eigenvalue weighted by molar-refractivity contribution is -0.120. The largest absolute Gasteiger partial charge is 0.495 e. The summed E-state index contributed by atoms with van der Waals surface area (Å²) < 4.78 is 16.1. The number of methoxy groups -OCH3 is 3. The maximum atomic E-state index is 12.7. The molecule has 0 radical (unpaired) electrons. The number of hydrogen-bond donors (Lipinski definition) is 1. The third-order valence-electron chi connectivity index (χ3n) is 4.36. The van der Waals surface area contributed by atoms with Crippen LogP contribution in [0.2, 0.25) is 5.02 Å². The molecule has 2 rings (SSSR count). The van der Waals surface area contributed by atoms with Gasteiger partial charge in [-0.05, 0) is 38.2 Å². The van der Waals surface area contributed by atoms with Crippen LogP contribution in [-0.2, 0) is 11.3 Å². The molecule has 2 aromatic rings. The second-order valence-electron chi connectivity index (χ2n) is 6.08. The highest BCUT2D eigenvalue weighted by molar-refractivity contribution is 6.31. The van der Waals surface area contributed by atoms with Crippen LogP contribution in [0.15, 0.2) is 36.4 Å². The number of rotatable bonds is 8. The zero-order valence-corrected chi connectivity index (χ0v) is 17.0. The predicted molar refractivity (Wildman–Crippen MR) is 107 cm³/mol. The van der Waals surface area contributed by atoms with E-state index in [-0.39, 0.29) is 5.91 Å². The van der Waals surface area contributed by atoms with Crippen LogP contribution < -0.4 is 19.5 Å². The molecule has 0 saturated carbocycles. The molecule has 6 nitrogen and oxygen atoms in total. The molecule has 0 aromatic heterocycles. The van der Waals surface area contributed by atoms with Crippen LogP contribution in [0.25, 0.3) is 0 Å². The topological polar surface area (TPSA) is 60.0 Å². The highest BCUT2D eigenvalue weighted by Crippen LogP contribution is 2.32. The van der Waals surface area contributed by atoms with Gasteiger partial charge in [0.2, 0.25) is 5.91 Å². The summed E-state index contributed by atoms with van der Waals surface area (Å²) in [5, 5.41) is 3.40. The summed E-state index contributed by atoms with van der Waals surface area (Å²) in [4.78, 5) is 14.6. The fraction of sp³-hybridized carbons (Fsp3) is 0.350. The number of hydrogen-bond acceptors (Lipinski definition) is 5. The van der Waals surface area contributed by atoms with Gasteiger partial charge in [0.1, 0.15) is 5.75 Å². The van der Waals surface area contributed by atoms with E-state index in [1.54, 1.807) is 39.5 Å². The van der Waals surface area contributed by atoms with Crippen molar-refractivity contribution in [3.05, 3.63) is 47.0 Å². The number of benzene rings is 2. The van der Waals surface area contributed by atoms with E-state index in [4.69, 9.17) is 25.8 Å². The summed E-state index contributed by atoms with van der Waals surface area (Å²) in [7, 11) is 6.62. The van der Waals surface area contributed by atoms with Gasteiger partial charge >= 0.3 is 0 Å². The second-order valence-corrected chi connectivity index (χ2v) is 6.51. The molecular formula is C20H25ClN2O4. The summed E-state index contributed by atoms with van der Waals surface area (Å²) in [5.74, 6) is 1.71. The quantitative estimate of drug-likeness (QED) is 0.739. The van der Waals surface area contributed by atoms with Crippen molar-refractivity contribution in [1.82, 2.24) is 4.90 Å². The minimum atomic E-state index is -0.399. The van der Waals surface area contributed by atoms with Crippen LogP contribution >= 0.6 is 11.6 Å². The third kappa shape index (κ3) is 5.05. The van der Waals surface area contributed by atoms with Gasteiger partial charge in [-0.3, -0.25) is 9.69 Å². The number of carbonyl (C=O) groups is 1. The van der Waals surface area contributed by atoms with Crippen molar-refractivity contribution < 1.29 is 19.0 Å². The Bertz CT molecular complexity index is 798. The van der Waals surface area contributed by atoms with E-state index in [1.165, 1.54) is 0 Å². The Morgan fingerprint density at radius 2 is 1.81 bits per heavy atom. The van der Waals surface area contributed by atoms with Crippen molar-refractivity contribution in [1.29, 1.82) is 0 Å². The van der Waals surface area contributed by atoms with Gasteiger partial charge in [0.25, 0.3) is 0 Å². The summed E-state index contributed by atoms with van der Waals surface area (Å²) in [5.41, 5.74) is 1.47. The lowest BCUT2D eigenvalue weighted by Gasteiger charge is -2.25. The molecule has 0 fully saturated rings. The molecule has 0 saturated heterocycles. The highest BCUT2D eigenvalue weighted by Gasteiger charge is 2.21. The summed E-state index contributed by atoms with van der Waals surface area (Å²) >= 11 is 6.03. The zero-order chi connectivity index (χ0) is 20.0. The second kappa shape index (κ2) is 9.48. The van der Waals surface area contributed by atoms with Crippen molar-refractivity contribution in [2.45, 2.75) is 19.5 Å². The lowest BCUT2D eigenvalue weighted by atomic mass is 10.1. The first-order valence-corrected chi connectivity index (χ1v) is 8.83. The van der Waals surface area contributed by atoms with Crippen LogP contribution in [0.4, 0.5) is 5.69 Å². The lowest BCUT2D eigenvalue weighted by Crippen LogP contribution is -2.39. The van der Waals surface area contributed by atoms with Gasteiger partial charge in [0, 0.05) is 17.1 Å². The van der Waals surface area contributed by atoms with Gasteiger partial charge in [-0.1, -0.05) is 23.7 Å². The Kier molecular flexibility index (Phi) is 7.33. The maximum Gasteiger partial charge on any atom is 0.241 e. The van der Waals surface area contributed by atoms with Crippen LogP contribution in [0.1, 0.15) is 12.5 Å². The summed E-state index contributed by atoms with van der Waals surface area (Å²) in [6.45, 7) is 2.35. The molecule has 0 bridgehead atoms. The first-order chi connectivity index (χ1) is 12.9. The maximum absolute atomic E-state index is 12.7. The molecule has 0 aliphatic carbocycles. The van der Waals surface area contributed by atoms with Crippen LogP contribution in [0.5, 0.6) is 17.2 Å². The predicted octanol–water partition coefficient (Wildman–Crippen LogP) is 3.82.